The number of aryl methyl sites for hydroxylation is 1. The summed E-state index contributed by atoms with van der Waals surface area (Å²) in [7, 11) is 1.26. The van der Waals surface area contributed by atoms with E-state index in [1.807, 2.05) is 0 Å². The Labute approximate surface area is 95.5 Å². The van der Waals surface area contributed by atoms with Gasteiger partial charge in [0.25, 0.3) is 11.3 Å². The van der Waals surface area contributed by atoms with Crippen molar-refractivity contribution in [2.75, 3.05) is 0 Å². The van der Waals surface area contributed by atoms with Crippen molar-refractivity contribution in [3.63, 3.8) is 0 Å². The summed E-state index contributed by atoms with van der Waals surface area (Å²) in [6, 6.07) is 0. The van der Waals surface area contributed by atoms with E-state index in [0.29, 0.717) is 0 Å². The Hall–Kier alpha value is -2.62. The standard InChI is InChI=1S/C10H9N3O4/c1-5-6(4-7(11-2)9(15)16)8(14)13(3)10(17)12-5/h4H,1,3H3,(H,12,17)(H,15,16). The number of H-pyrrole nitrogens is 1. The number of hydrogen-bond donors (Lipinski definition) is 2. The van der Waals surface area contributed by atoms with E-state index in [1.54, 1.807) is 0 Å². The third-order valence-electron chi connectivity index (χ3n) is 2.16. The maximum atomic E-state index is 11.7. The predicted molar refractivity (Wildman–Crippen MR) is 59.3 cm³/mol. The fourth-order valence-corrected chi connectivity index (χ4v) is 1.19. The first kappa shape index (κ1) is 12.4. The van der Waals surface area contributed by atoms with Crippen molar-refractivity contribution < 1.29 is 9.90 Å². The van der Waals surface area contributed by atoms with Crippen LogP contribution in [0.5, 0.6) is 0 Å². The van der Waals surface area contributed by atoms with Crippen molar-refractivity contribution in [3.05, 3.63) is 49.2 Å². The van der Waals surface area contributed by atoms with E-state index < -0.39 is 22.9 Å². The first-order valence-corrected chi connectivity index (χ1v) is 4.50. The normalized spacial score (nSPS) is 11.0. The minimum absolute atomic E-state index is 0.0134. The van der Waals surface area contributed by atoms with Crippen molar-refractivity contribution in [1.82, 2.24) is 9.55 Å². The zero-order valence-electron chi connectivity index (χ0n) is 9.14. The Kier molecular flexibility index (Phi) is 3.29. The van der Waals surface area contributed by atoms with Gasteiger partial charge in [-0.05, 0) is 13.0 Å². The third-order valence-corrected chi connectivity index (χ3v) is 2.16. The largest absolute Gasteiger partial charge is 0.486 e. The number of nitrogens with zero attached hydrogens (tertiary/aromatic N) is 2. The summed E-state index contributed by atoms with van der Waals surface area (Å²) < 4.78 is 0.808. The summed E-state index contributed by atoms with van der Waals surface area (Å²) >= 11 is 0. The van der Waals surface area contributed by atoms with Crippen LogP contribution in [-0.4, -0.2) is 20.6 Å². The molecule has 0 fully saturated rings. The summed E-state index contributed by atoms with van der Waals surface area (Å²) in [5.74, 6) is -1.42. The van der Waals surface area contributed by atoms with Crippen LogP contribution in [0, 0.1) is 13.5 Å². The number of nitrogens with one attached hydrogen (secondary N) is 1. The number of hydrogen-bond acceptors (Lipinski definition) is 3. The van der Waals surface area contributed by atoms with Gasteiger partial charge in [-0.15, -0.1) is 0 Å². The number of carboxylic acids is 1. The molecule has 0 spiro atoms. The maximum Gasteiger partial charge on any atom is 0.333 e. The van der Waals surface area contributed by atoms with E-state index in [-0.39, 0.29) is 11.3 Å². The maximum absolute atomic E-state index is 11.7. The van der Waals surface area contributed by atoms with Gasteiger partial charge in [0.05, 0.1) is 6.57 Å². The average Bonchev–Trinajstić information content (AvgIpc) is 2.26. The molecule has 0 amide bonds. The fraction of sp³-hybridized carbons (Fsp3) is 0.200. The highest BCUT2D eigenvalue weighted by Crippen LogP contribution is 2.06. The molecule has 0 aliphatic carbocycles. The highest BCUT2D eigenvalue weighted by Gasteiger charge is 2.12. The molecule has 1 aromatic heterocycles. The van der Waals surface area contributed by atoms with Gasteiger partial charge >= 0.3 is 11.7 Å². The average molecular weight is 235 g/mol. The molecule has 88 valence electrons. The van der Waals surface area contributed by atoms with Crippen molar-refractivity contribution in [3.8, 4) is 0 Å². The Balaban J connectivity index is 3.61. The van der Waals surface area contributed by atoms with E-state index >= 15 is 0 Å². The molecule has 7 heteroatoms. The molecule has 0 atom stereocenters. The zero-order chi connectivity index (χ0) is 13.2. The lowest BCUT2D eigenvalue weighted by molar-refractivity contribution is -0.132. The molecule has 1 rings (SSSR count). The third kappa shape index (κ3) is 2.31. The molecule has 1 aromatic rings. The Morgan fingerprint density at radius 1 is 1.53 bits per heavy atom. The molecule has 0 unspecified atom stereocenters. The van der Waals surface area contributed by atoms with Crippen molar-refractivity contribution in [1.29, 1.82) is 0 Å². The Morgan fingerprint density at radius 2 is 2.12 bits per heavy atom. The lowest BCUT2D eigenvalue weighted by Crippen LogP contribution is -2.35. The van der Waals surface area contributed by atoms with E-state index in [9.17, 15) is 14.4 Å². The molecule has 0 radical (unpaired) electrons. The lowest BCUT2D eigenvalue weighted by atomic mass is 10.2. The predicted octanol–water partition coefficient (Wildman–Crippen LogP) is -0.273. The second kappa shape index (κ2) is 4.49. The van der Waals surface area contributed by atoms with Gasteiger partial charge in [0, 0.05) is 18.3 Å². The molecule has 0 bridgehead atoms. The number of carbonyl (C=O) groups is 1. The number of carboxylic acid groups (broad SMARTS) is 1. The van der Waals surface area contributed by atoms with Gasteiger partial charge in [0.1, 0.15) is 0 Å². The number of rotatable bonds is 2. The van der Waals surface area contributed by atoms with Crippen LogP contribution in [0.2, 0.25) is 0 Å². The van der Waals surface area contributed by atoms with Crippen molar-refractivity contribution >= 4 is 12.0 Å². The molecule has 0 saturated heterocycles. The Bertz CT molecular complexity index is 658. The Morgan fingerprint density at radius 3 is 2.59 bits per heavy atom. The van der Waals surface area contributed by atoms with E-state index in [0.717, 1.165) is 10.6 Å². The molecular formula is C10H9N3O4. The smallest absolute Gasteiger partial charge is 0.333 e. The van der Waals surface area contributed by atoms with Crippen LogP contribution < -0.4 is 11.2 Å². The SMILES string of the molecule is [C-]#[N+]C(=Cc1c(C)[nH]c(=O)n(C)c1=O)C(=O)O. The monoisotopic (exact) mass is 235 g/mol. The second-order valence-corrected chi connectivity index (χ2v) is 3.28. The molecule has 7 nitrogen and oxygen atoms in total. The van der Waals surface area contributed by atoms with Crippen LogP contribution in [-0.2, 0) is 11.8 Å². The first-order chi connectivity index (χ1) is 7.88. The van der Waals surface area contributed by atoms with Gasteiger partial charge < -0.3 is 10.1 Å². The molecule has 1 heterocycles. The van der Waals surface area contributed by atoms with E-state index in [4.69, 9.17) is 11.7 Å². The topological polar surface area (TPSA) is 96.5 Å². The first-order valence-electron chi connectivity index (χ1n) is 4.50. The molecule has 17 heavy (non-hydrogen) atoms. The van der Waals surface area contributed by atoms with Gasteiger partial charge in [-0.25, -0.2) is 9.64 Å². The van der Waals surface area contributed by atoms with Gasteiger partial charge in [-0.3, -0.25) is 14.2 Å². The molecule has 0 aliphatic rings. The van der Waals surface area contributed by atoms with E-state index in [1.165, 1.54) is 14.0 Å². The van der Waals surface area contributed by atoms with Gasteiger partial charge in [-0.1, -0.05) is 0 Å². The van der Waals surface area contributed by atoms with Crippen LogP contribution in [0.4, 0.5) is 0 Å². The number of aliphatic carboxylic acids is 1. The molecular weight excluding hydrogens is 226 g/mol. The second-order valence-electron chi connectivity index (χ2n) is 3.28. The van der Waals surface area contributed by atoms with Crippen LogP contribution in [0.3, 0.4) is 0 Å². The highest BCUT2D eigenvalue weighted by atomic mass is 16.4. The van der Waals surface area contributed by atoms with Crippen LogP contribution >= 0.6 is 0 Å². The fourth-order valence-electron chi connectivity index (χ4n) is 1.19. The van der Waals surface area contributed by atoms with Gasteiger partial charge in [-0.2, -0.15) is 0 Å². The summed E-state index contributed by atoms with van der Waals surface area (Å²) in [5, 5.41) is 8.68. The van der Waals surface area contributed by atoms with Gasteiger partial charge in [0.2, 0.25) is 0 Å². The van der Waals surface area contributed by atoms with Crippen LogP contribution in [0.15, 0.2) is 15.3 Å². The zero-order valence-corrected chi connectivity index (χ0v) is 9.14. The molecule has 0 aromatic carbocycles. The summed E-state index contributed by atoms with van der Waals surface area (Å²) in [5.41, 5.74) is -1.61. The quantitative estimate of drug-likeness (QED) is 0.544. The van der Waals surface area contributed by atoms with Crippen LogP contribution in [0.25, 0.3) is 10.9 Å². The molecule has 2 N–H and O–H groups in total. The van der Waals surface area contributed by atoms with Crippen LogP contribution in [0.1, 0.15) is 11.3 Å². The lowest BCUT2D eigenvalue weighted by Gasteiger charge is -2.02. The number of aromatic amines is 1. The molecule has 0 saturated carbocycles. The molecule has 0 aliphatic heterocycles. The van der Waals surface area contributed by atoms with Crippen molar-refractivity contribution in [2.45, 2.75) is 6.92 Å². The van der Waals surface area contributed by atoms with E-state index in [2.05, 4.69) is 9.83 Å². The van der Waals surface area contributed by atoms with Gasteiger partial charge in [0.15, 0.2) is 0 Å². The number of aromatic nitrogens is 2. The summed E-state index contributed by atoms with van der Waals surface area (Å²) in [6.45, 7) is 8.13. The minimum atomic E-state index is -1.42. The summed E-state index contributed by atoms with van der Waals surface area (Å²) in [6.07, 6.45) is 0.947. The minimum Gasteiger partial charge on any atom is -0.486 e. The summed E-state index contributed by atoms with van der Waals surface area (Å²) in [4.78, 5) is 38.7. The van der Waals surface area contributed by atoms with Crippen molar-refractivity contribution in [2.24, 2.45) is 7.05 Å². The highest BCUT2D eigenvalue weighted by molar-refractivity contribution is 5.94.